The number of carbonyl (C=O) groups excluding carboxylic acids is 2. The largest absolute Gasteiger partial charge is 0.491 e. The van der Waals surface area contributed by atoms with Crippen LogP contribution in [0.5, 0.6) is 11.5 Å². The van der Waals surface area contributed by atoms with Crippen LogP contribution in [0.15, 0.2) is 147 Å². The summed E-state index contributed by atoms with van der Waals surface area (Å²) in [7, 11) is 0. The normalized spacial score (nSPS) is 15.5. The molecular formula is C45H38O8. The van der Waals surface area contributed by atoms with Crippen LogP contribution in [0.1, 0.15) is 22.3 Å². The Balaban J connectivity index is 1.32. The molecule has 1 aliphatic carbocycles. The maximum absolute atomic E-state index is 11.4. The van der Waals surface area contributed by atoms with Gasteiger partial charge in [-0.2, -0.15) is 0 Å². The van der Waals surface area contributed by atoms with Gasteiger partial charge in [-0.15, -0.1) is 0 Å². The van der Waals surface area contributed by atoms with Gasteiger partial charge in [0, 0.05) is 12.2 Å². The molecular weight excluding hydrogens is 668 g/mol. The highest BCUT2D eigenvalue weighted by Gasteiger charge is 2.47. The molecule has 0 aliphatic heterocycles. The second-order valence-corrected chi connectivity index (χ2v) is 12.9. The summed E-state index contributed by atoms with van der Waals surface area (Å²) in [5, 5.41) is 25.2. The Morgan fingerprint density at radius 1 is 0.585 bits per heavy atom. The second kappa shape index (κ2) is 15.2. The minimum Gasteiger partial charge on any atom is -0.491 e. The van der Waals surface area contributed by atoms with E-state index in [1.54, 1.807) is 0 Å². The number of ether oxygens (including phenoxy) is 4. The molecule has 0 fully saturated rings. The van der Waals surface area contributed by atoms with Crippen molar-refractivity contribution in [3.63, 3.8) is 0 Å². The van der Waals surface area contributed by atoms with E-state index in [2.05, 4.69) is 79.9 Å². The number of aliphatic hydroxyl groups excluding tert-OH is 2. The lowest BCUT2D eigenvalue weighted by Gasteiger charge is -2.34. The zero-order valence-electron chi connectivity index (χ0n) is 28.9. The predicted octanol–water partition coefficient (Wildman–Crippen LogP) is 7.29. The van der Waals surface area contributed by atoms with Crippen molar-refractivity contribution in [2.24, 2.45) is 0 Å². The van der Waals surface area contributed by atoms with Gasteiger partial charge >= 0.3 is 11.9 Å². The lowest BCUT2D eigenvalue weighted by Crippen LogP contribution is -2.29. The fraction of sp³-hybridized carbons (Fsp3) is 0.156. The first kappa shape index (κ1) is 35.2. The highest BCUT2D eigenvalue weighted by molar-refractivity contribution is 6.06. The van der Waals surface area contributed by atoms with Gasteiger partial charge in [0.2, 0.25) is 0 Å². The summed E-state index contributed by atoms with van der Waals surface area (Å²) in [5.74, 6) is -0.121. The molecule has 0 spiro atoms. The van der Waals surface area contributed by atoms with Crippen molar-refractivity contribution in [3.05, 3.63) is 169 Å². The van der Waals surface area contributed by atoms with E-state index in [4.69, 9.17) is 18.9 Å². The van der Waals surface area contributed by atoms with Gasteiger partial charge in [0.15, 0.2) is 0 Å². The zero-order valence-corrected chi connectivity index (χ0v) is 28.9. The number of rotatable bonds is 14. The zero-order chi connectivity index (χ0) is 37.0. The quantitative estimate of drug-likeness (QED) is 0.0896. The number of benzene rings is 6. The van der Waals surface area contributed by atoms with Crippen molar-refractivity contribution >= 4 is 33.5 Å². The monoisotopic (exact) mass is 706 g/mol. The Kier molecular flexibility index (Phi) is 10.1. The third-order valence-electron chi connectivity index (χ3n) is 9.52. The van der Waals surface area contributed by atoms with Gasteiger partial charge in [0.25, 0.3) is 0 Å². The third-order valence-corrected chi connectivity index (χ3v) is 9.52. The van der Waals surface area contributed by atoms with Crippen LogP contribution in [-0.4, -0.2) is 60.8 Å². The molecule has 2 atom stereocenters. The fourth-order valence-electron chi connectivity index (χ4n) is 7.12. The first-order chi connectivity index (χ1) is 25.8. The Hall–Kier alpha value is -6.22. The summed E-state index contributed by atoms with van der Waals surface area (Å²) in [6.07, 6.45) is 0.0720. The van der Waals surface area contributed by atoms with E-state index in [9.17, 15) is 19.8 Å². The number of hydrogen-bond acceptors (Lipinski definition) is 8. The summed E-state index contributed by atoms with van der Waals surface area (Å²) in [5.41, 5.74) is 5.82. The smallest absolute Gasteiger partial charge is 0.330 e. The van der Waals surface area contributed by atoms with Crippen LogP contribution in [0.3, 0.4) is 0 Å². The molecule has 0 heterocycles. The summed E-state index contributed by atoms with van der Waals surface area (Å²) in [4.78, 5) is 22.9. The van der Waals surface area contributed by atoms with Crippen LogP contribution in [-0.2, 0) is 24.5 Å². The minimum atomic E-state index is -1.01. The number of carbonyl (C=O) groups is 2. The topological polar surface area (TPSA) is 112 Å². The first-order valence-electron chi connectivity index (χ1n) is 17.3. The van der Waals surface area contributed by atoms with Gasteiger partial charge in [-0.1, -0.05) is 98.1 Å². The van der Waals surface area contributed by atoms with Crippen molar-refractivity contribution in [1.29, 1.82) is 0 Å². The standard InChI is InChI=1S/C45H38O8/c1-3-42(48)52-27-34(46)25-50-36-18-14-32(15-19-36)45(33-16-20-37(21-17-33)51-26-35(47)28-53-43(49)4-2)40-22-13-29-9-7-8-12-38(29)44(40)39-23-30-10-5-6-11-31(30)24-41(39)45/h3-24,34-35,46-47H,1-2,25-28H2. The molecule has 1 aliphatic rings. The molecule has 0 bridgehead atoms. The molecule has 6 aromatic rings. The Morgan fingerprint density at radius 3 is 1.60 bits per heavy atom. The summed E-state index contributed by atoms with van der Waals surface area (Å²) < 4.78 is 21.7. The Labute approximate surface area is 307 Å². The van der Waals surface area contributed by atoms with Gasteiger partial charge in [-0.25, -0.2) is 9.59 Å². The number of aliphatic hydroxyl groups is 2. The van der Waals surface area contributed by atoms with E-state index in [-0.39, 0.29) is 26.4 Å². The lowest BCUT2D eigenvalue weighted by molar-refractivity contribution is -0.142. The van der Waals surface area contributed by atoms with Gasteiger partial charge in [0.05, 0.1) is 5.41 Å². The Bertz CT molecular complexity index is 2230. The van der Waals surface area contributed by atoms with Crippen molar-refractivity contribution in [2.45, 2.75) is 17.6 Å². The van der Waals surface area contributed by atoms with Gasteiger partial charge in [-0.3, -0.25) is 0 Å². The fourth-order valence-corrected chi connectivity index (χ4v) is 7.12. The average molecular weight is 707 g/mol. The van der Waals surface area contributed by atoms with Crippen molar-refractivity contribution in [3.8, 4) is 22.6 Å². The van der Waals surface area contributed by atoms with Crippen molar-refractivity contribution in [1.82, 2.24) is 0 Å². The van der Waals surface area contributed by atoms with Crippen molar-refractivity contribution in [2.75, 3.05) is 26.4 Å². The van der Waals surface area contributed by atoms with Crippen LogP contribution in [0.25, 0.3) is 32.7 Å². The molecule has 0 saturated heterocycles. The molecule has 0 radical (unpaired) electrons. The van der Waals surface area contributed by atoms with Gasteiger partial charge in [-0.05, 0) is 91.3 Å². The molecule has 7 rings (SSSR count). The maximum atomic E-state index is 11.4. The molecule has 0 saturated carbocycles. The SMILES string of the molecule is C=CC(=O)OCC(O)COc1ccc(C2(c3ccc(OCC(O)COC(=O)C=C)cc3)c3cc4ccccc4cc3-c3c2ccc2ccccc32)cc1. The van der Waals surface area contributed by atoms with E-state index in [1.807, 2.05) is 54.6 Å². The summed E-state index contributed by atoms with van der Waals surface area (Å²) in [6.45, 7) is 6.20. The lowest BCUT2D eigenvalue weighted by atomic mass is 9.67. The molecule has 53 heavy (non-hydrogen) atoms. The van der Waals surface area contributed by atoms with Gasteiger partial charge < -0.3 is 29.2 Å². The number of fused-ring (bicyclic) bond motifs is 6. The van der Waals surface area contributed by atoms with Crippen molar-refractivity contribution < 1.29 is 38.7 Å². The molecule has 266 valence electrons. The van der Waals surface area contributed by atoms with Crippen LogP contribution in [0.4, 0.5) is 0 Å². The van der Waals surface area contributed by atoms with Crippen LogP contribution in [0.2, 0.25) is 0 Å². The van der Waals surface area contributed by atoms with Crippen LogP contribution >= 0.6 is 0 Å². The van der Waals surface area contributed by atoms with E-state index in [0.717, 1.165) is 61.5 Å². The second-order valence-electron chi connectivity index (χ2n) is 12.9. The summed E-state index contributed by atoms with van der Waals surface area (Å²) in [6, 6.07) is 41.5. The first-order valence-corrected chi connectivity index (χ1v) is 17.3. The highest BCUT2D eigenvalue weighted by atomic mass is 16.6. The number of hydrogen-bond donors (Lipinski definition) is 2. The maximum Gasteiger partial charge on any atom is 0.330 e. The van der Waals surface area contributed by atoms with E-state index in [0.29, 0.717) is 11.5 Å². The molecule has 0 aromatic heterocycles. The minimum absolute atomic E-state index is 0.0641. The van der Waals surface area contributed by atoms with E-state index in [1.165, 1.54) is 5.56 Å². The third kappa shape index (κ3) is 6.90. The van der Waals surface area contributed by atoms with Crippen LogP contribution < -0.4 is 9.47 Å². The molecule has 8 nitrogen and oxygen atoms in total. The molecule has 8 heteroatoms. The van der Waals surface area contributed by atoms with E-state index >= 15 is 0 Å². The van der Waals surface area contributed by atoms with Gasteiger partial charge in [0.1, 0.15) is 50.1 Å². The predicted molar refractivity (Wildman–Crippen MR) is 204 cm³/mol. The van der Waals surface area contributed by atoms with E-state index < -0.39 is 29.6 Å². The highest BCUT2D eigenvalue weighted by Crippen LogP contribution is 2.58. The molecule has 2 unspecified atom stereocenters. The van der Waals surface area contributed by atoms with Crippen LogP contribution in [0, 0.1) is 0 Å². The average Bonchev–Trinajstić information content (AvgIpc) is 3.49. The Morgan fingerprint density at radius 2 is 1.08 bits per heavy atom. The molecule has 2 N–H and O–H groups in total. The molecule has 6 aromatic carbocycles. The number of esters is 2. The summed E-state index contributed by atoms with van der Waals surface area (Å²) >= 11 is 0. The molecule has 0 amide bonds.